The first-order valence-electron chi connectivity index (χ1n) is 15.7. The summed E-state index contributed by atoms with van der Waals surface area (Å²) in [7, 11) is 1.54. The zero-order valence-electron chi connectivity index (χ0n) is 23.8. The topological polar surface area (TPSA) is 104 Å². The molecule has 5 fully saturated rings. The molecule has 3 saturated carbocycles. The second-order valence-corrected chi connectivity index (χ2v) is 13.1. The SMILES string of the molecule is COc1cc(O)ccc1C1C2=CCC3C(=O)N(C4CCCCC4)C(=O)C3C2CC2C(=O)N(C3CCCCC3)C(=O)C21. The molecule has 6 aliphatic rings. The fourth-order valence-electron chi connectivity index (χ4n) is 9.34. The quantitative estimate of drug-likeness (QED) is 0.423. The van der Waals surface area contributed by atoms with Gasteiger partial charge in [-0.25, -0.2) is 0 Å². The van der Waals surface area contributed by atoms with Gasteiger partial charge < -0.3 is 9.84 Å². The maximum absolute atomic E-state index is 14.2. The van der Waals surface area contributed by atoms with Gasteiger partial charge in [0.1, 0.15) is 11.5 Å². The largest absolute Gasteiger partial charge is 0.508 e. The number of amides is 4. The molecule has 1 aromatic carbocycles. The van der Waals surface area contributed by atoms with Crippen molar-refractivity contribution in [3.05, 3.63) is 35.4 Å². The molecule has 8 nitrogen and oxygen atoms in total. The molecule has 2 saturated heterocycles. The second-order valence-electron chi connectivity index (χ2n) is 13.1. The van der Waals surface area contributed by atoms with E-state index in [1.807, 2.05) is 0 Å². The van der Waals surface area contributed by atoms with Crippen LogP contribution < -0.4 is 4.74 Å². The molecule has 0 aromatic heterocycles. The third-order valence-corrected chi connectivity index (χ3v) is 11.1. The molecule has 6 atom stereocenters. The third-order valence-electron chi connectivity index (χ3n) is 11.1. The maximum atomic E-state index is 14.2. The predicted octanol–water partition coefficient (Wildman–Crippen LogP) is 4.70. The minimum atomic E-state index is -0.580. The maximum Gasteiger partial charge on any atom is 0.234 e. The van der Waals surface area contributed by atoms with Gasteiger partial charge in [0.15, 0.2) is 0 Å². The van der Waals surface area contributed by atoms with Gasteiger partial charge in [0, 0.05) is 29.6 Å². The Balaban J connectivity index is 1.31. The summed E-state index contributed by atoms with van der Waals surface area (Å²) in [6, 6.07) is 4.84. The molecule has 2 aliphatic heterocycles. The summed E-state index contributed by atoms with van der Waals surface area (Å²) in [5, 5.41) is 10.2. The first-order valence-corrected chi connectivity index (χ1v) is 15.7. The lowest BCUT2D eigenvalue weighted by Gasteiger charge is -2.44. The van der Waals surface area contributed by atoms with Crippen LogP contribution in [-0.4, -0.2) is 57.7 Å². The molecule has 2 heterocycles. The first-order chi connectivity index (χ1) is 19.9. The summed E-state index contributed by atoms with van der Waals surface area (Å²) in [5.74, 6) is -2.61. The van der Waals surface area contributed by atoms with Crippen molar-refractivity contribution >= 4 is 23.6 Å². The Hall–Kier alpha value is -3.16. The van der Waals surface area contributed by atoms with Gasteiger partial charge in [-0.05, 0) is 50.5 Å². The highest BCUT2D eigenvalue weighted by Crippen LogP contribution is 2.59. The average Bonchev–Trinajstić information content (AvgIpc) is 3.40. The lowest BCUT2D eigenvalue weighted by atomic mass is 9.57. The van der Waals surface area contributed by atoms with E-state index in [0.717, 1.165) is 75.3 Å². The van der Waals surface area contributed by atoms with Crippen molar-refractivity contribution in [3.63, 3.8) is 0 Å². The third kappa shape index (κ3) is 4.07. The zero-order chi connectivity index (χ0) is 28.4. The van der Waals surface area contributed by atoms with Crippen LogP contribution in [0.5, 0.6) is 11.5 Å². The van der Waals surface area contributed by atoms with Crippen molar-refractivity contribution in [3.8, 4) is 11.5 Å². The Bertz CT molecular complexity index is 1310. The van der Waals surface area contributed by atoms with E-state index in [4.69, 9.17) is 4.74 Å². The van der Waals surface area contributed by atoms with E-state index in [0.29, 0.717) is 18.6 Å². The highest BCUT2D eigenvalue weighted by Gasteiger charge is 2.63. The van der Waals surface area contributed by atoms with Gasteiger partial charge in [-0.1, -0.05) is 56.2 Å². The number of hydrogen-bond donors (Lipinski definition) is 1. The van der Waals surface area contributed by atoms with Gasteiger partial charge in [-0.2, -0.15) is 0 Å². The summed E-state index contributed by atoms with van der Waals surface area (Å²) < 4.78 is 5.71. The summed E-state index contributed by atoms with van der Waals surface area (Å²) in [6.45, 7) is 0. The van der Waals surface area contributed by atoms with Gasteiger partial charge in [0.2, 0.25) is 23.6 Å². The molecule has 4 aliphatic carbocycles. The first kappa shape index (κ1) is 26.7. The van der Waals surface area contributed by atoms with E-state index in [-0.39, 0.29) is 47.4 Å². The smallest absolute Gasteiger partial charge is 0.234 e. The van der Waals surface area contributed by atoms with Crippen molar-refractivity contribution < 1.29 is 29.0 Å². The Morgan fingerprint density at radius 1 is 0.732 bits per heavy atom. The summed E-state index contributed by atoms with van der Waals surface area (Å²) in [5.41, 5.74) is 1.73. The summed E-state index contributed by atoms with van der Waals surface area (Å²) in [6.07, 6.45) is 12.7. The highest BCUT2D eigenvalue weighted by atomic mass is 16.5. The number of likely N-dealkylation sites (tertiary alicyclic amines) is 2. The van der Waals surface area contributed by atoms with Gasteiger partial charge >= 0.3 is 0 Å². The molecule has 7 rings (SSSR count). The van der Waals surface area contributed by atoms with Gasteiger partial charge in [0.25, 0.3) is 0 Å². The number of fused-ring (bicyclic) bond motifs is 4. The molecule has 218 valence electrons. The van der Waals surface area contributed by atoms with Crippen LogP contribution in [0.25, 0.3) is 0 Å². The van der Waals surface area contributed by atoms with E-state index >= 15 is 0 Å². The standard InChI is InChI=1S/C33H40N2O6/c1-41-26-16-20(36)12-13-22(26)27-21-14-15-23-28(32(39)34(30(23)37)18-8-4-2-5-9-18)24(21)17-25-29(27)33(40)35(31(25)38)19-10-6-3-7-11-19/h12-14,16,18-19,23-25,27-29,36H,2-11,15,17H2,1H3. The van der Waals surface area contributed by atoms with Gasteiger partial charge in [-0.15, -0.1) is 0 Å². The normalized spacial score (nSPS) is 34.4. The van der Waals surface area contributed by atoms with Crippen molar-refractivity contribution in [2.24, 2.45) is 29.6 Å². The molecule has 8 heteroatoms. The van der Waals surface area contributed by atoms with E-state index in [1.54, 1.807) is 35.1 Å². The number of hydrogen-bond acceptors (Lipinski definition) is 6. The summed E-state index contributed by atoms with van der Waals surface area (Å²) in [4.78, 5) is 59.3. The fraction of sp³-hybridized carbons (Fsp3) is 0.636. The van der Waals surface area contributed by atoms with Crippen LogP contribution in [0, 0.1) is 29.6 Å². The molecule has 41 heavy (non-hydrogen) atoms. The number of ether oxygens (including phenoxy) is 1. The molecule has 1 aromatic rings. The number of carbonyl (C=O) groups is 4. The number of phenols is 1. The number of allylic oxidation sites excluding steroid dienone is 2. The van der Waals surface area contributed by atoms with E-state index in [9.17, 15) is 24.3 Å². The van der Waals surface area contributed by atoms with Crippen LogP contribution >= 0.6 is 0 Å². The van der Waals surface area contributed by atoms with Crippen molar-refractivity contribution in [2.75, 3.05) is 7.11 Å². The molecule has 0 spiro atoms. The minimum absolute atomic E-state index is 0.0291. The van der Waals surface area contributed by atoms with Crippen LogP contribution in [-0.2, 0) is 19.2 Å². The fourth-order valence-corrected chi connectivity index (χ4v) is 9.34. The number of imide groups is 2. The van der Waals surface area contributed by atoms with Crippen LogP contribution in [0.2, 0.25) is 0 Å². The lowest BCUT2D eigenvalue weighted by Crippen LogP contribution is -2.44. The number of phenolic OH excluding ortho intramolecular Hbond substituents is 1. The number of carbonyl (C=O) groups excluding carboxylic acids is 4. The Morgan fingerprint density at radius 3 is 1.93 bits per heavy atom. The molecular formula is C33H40N2O6. The van der Waals surface area contributed by atoms with Crippen molar-refractivity contribution in [1.82, 2.24) is 9.80 Å². The minimum Gasteiger partial charge on any atom is -0.508 e. The monoisotopic (exact) mass is 560 g/mol. The predicted molar refractivity (Wildman–Crippen MR) is 150 cm³/mol. The molecule has 4 amide bonds. The van der Waals surface area contributed by atoms with Crippen molar-refractivity contribution in [2.45, 2.75) is 95.1 Å². The van der Waals surface area contributed by atoms with E-state index in [2.05, 4.69) is 6.08 Å². The van der Waals surface area contributed by atoms with Crippen molar-refractivity contribution in [1.29, 1.82) is 0 Å². The molecule has 6 unspecified atom stereocenters. The van der Waals surface area contributed by atoms with Crippen LogP contribution in [0.4, 0.5) is 0 Å². The number of nitrogens with zero attached hydrogens (tertiary/aromatic N) is 2. The van der Waals surface area contributed by atoms with E-state index in [1.165, 1.54) is 0 Å². The molecule has 0 bridgehead atoms. The zero-order valence-corrected chi connectivity index (χ0v) is 23.8. The van der Waals surface area contributed by atoms with Crippen LogP contribution in [0.1, 0.15) is 88.5 Å². The van der Waals surface area contributed by atoms with Crippen LogP contribution in [0.3, 0.4) is 0 Å². The number of rotatable bonds is 4. The molecule has 1 N–H and O–H groups in total. The highest BCUT2D eigenvalue weighted by molar-refractivity contribution is 6.08. The molecular weight excluding hydrogens is 520 g/mol. The Kier molecular flexibility index (Phi) is 6.70. The number of methoxy groups -OCH3 is 1. The van der Waals surface area contributed by atoms with Gasteiger partial charge in [-0.3, -0.25) is 29.0 Å². The van der Waals surface area contributed by atoms with Gasteiger partial charge in [0.05, 0.1) is 30.8 Å². The number of benzene rings is 1. The molecule has 0 radical (unpaired) electrons. The lowest BCUT2D eigenvalue weighted by molar-refractivity contribution is -0.145. The van der Waals surface area contributed by atoms with Crippen LogP contribution in [0.15, 0.2) is 29.8 Å². The Labute approximate surface area is 241 Å². The number of aromatic hydroxyl groups is 1. The summed E-state index contributed by atoms with van der Waals surface area (Å²) >= 11 is 0. The van der Waals surface area contributed by atoms with E-state index < -0.39 is 29.6 Å². The Morgan fingerprint density at radius 2 is 1.32 bits per heavy atom. The second kappa shape index (κ2) is 10.3. The average molecular weight is 561 g/mol.